The van der Waals surface area contributed by atoms with E-state index in [9.17, 15) is 14.9 Å². The number of nitro groups is 1. The van der Waals surface area contributed by atoms with Crippen LogP contribution in [0.1, 0.15) is 25.3 Å². The Morgan fingerprint density at radius 3 is 2.61 bits per heavy atom. The number of unbranched alkanes of at least 4 members (excludes halogenated alkanes) is 1. The molecule has 1 aromatic carbocycles. The fourth-order valence-electron chi connectivity index (χ4n) is 2.07. The van der Waals surface area contributed by atoms with Crippen molar-refractivity contribution in [1.82, 2.24) is 4.57 Å². The summed E-state index contributed by atoms with van der Waals surface area (Å²) in [6.07, 6.45) is 3.52. The van der Waals surface area contributed by atoms with Crippen LogP contribution in [0.5, 0.6) is 0 Å². The van der Waals surface area contributed by atoms with Gasteiger partial charge in [-0.25, -0.2) is 0 Å². The summed E-state index contributed by atoms with van der Waals surface area (Å²) >= 11 is 0. The van der Waals surface area contributed by atoms with Crippen LogP contribution < -0.4 is 5.56 Å². The summed E-state index contributed by atoms with van der Waals surface area (Å²) in [5.41, 5.74) is 1.21. The van der Waals surface area contributed by atoms with Gasteiger partial charge in [-0.3, -0.25) is 14.9 Å². The van der Waals surface area contributed by atoms with Crippen molar-refractivity contribution in [3.05, 3.63) is 62.6 Å². The quantitative estimate of drug-likeness (QED) is 0.452. The zero-order valence-corrected chi connectivity index (χ0v) is 13.1. The highest BCUT2D eigenvalue weighted by Crippen LogP contribution is 2.28. The first-order valence-electron chi connectivity index (χ1n) is 7.39. The Hall–Kier alpha value is -2.83. The van der Waals surface area contributed by atoms with Crippen LogP contribution in [0.2, 0.25) is 0 Å². The molecule has 7 heteroatoms. The molecule has 0 spiro atoms. The summed E-state index contributed by atoms with van der Waals surface area (Å²) < 4.78 is 1.59. The van der Waals surface area contributed by atoms with Crippen LogP contribution in [0.3, 0.4) is 0 Å². The predicted molar refractivity (Wildman–Crippen MR) is 87.6 cm³/mol. The molecule has 0 radical (unpaired) electrons. The minimum atomic E-state index is -0.497. The van der Waals surface area contributed by atoms with Crippen LogP contribution in [0, 0.1) is 17.0 Å². The predicted octanol–water partition coefficient (Wildman–Crippen LogP) is 4.28. The van der Waals surface area contributed by atoms with Gasteiger partial charge in [-0.1, -0.05) is 25.5 Å². The minimum Gasteiger partial charge on any atom is -0.313 e. The molecule has 7 nitrogen and oxygen atoms in total. The molecule has 2 aromatic rings. The van der Waals surface area contributed by atoms with Gasteiger partial charge in [-0.2, -0.15) is 0 Å². The second-order valence-electron chi connectivity index (χ2n) is 5.17. The molecule has 0 aliphatic rings. The lowest BCUT2D eigenvalue weighted by Gasteiger charge is -2.07. The van der Waals surface area contributed by atoms with Gasteiger partial charge < -0.3 is 4.57 Å². The van der Waals surface area contributed by atoms with E-state index in [4.69, 9.17) is 0 Å². The number of nitrogens with zero attached hydrogens (tertiary/aromatic N) is 4. The Bertz CT molecular complexity index is 796. The van der Waals surface area contributed by atoms with Gasteiger partial charge >= 0.3 is 0 Å². The summed E-state index contributed by atoms with van der Waals surface area (Å²) in [7, 11) is 0. The van der Waals surface area contributed by atoms with Crippen LogP contribution in [0.25, 0.3) is 0 Å². The van der Waals surface area contributed by atoms with Crippen LogP contribution in [-0.2, 0) is 6.54 Å². The lowest BCUT2D eigenvalue weighted by atomic mass is 10.2. The van der Waals surface area contributed by atoms with Crippen molar-refractivity contribution in [2.75, 3.05) is 0 Å². The van der Waals surface area contributed by atoms with Gasteiger partial charge in [0.1, 0.15) is 5.69 Å². The highest BCUT2D eigenvalue weighted by Gasteiger charge is 2.12. The van der Waals surface area contributed by atoms with E-state index in [1.165, 1.54) is 18.2 Å². The van der Waals surface area contributed by atoms with Gasteiger partial charge in [0.25, 0.3) is 11.2 Å². The van der Waals surface area contributed by atoms with E-state index in [0.29, 0.717) is 17.8 Å². The summed E-state index contributed by atoms with van der Waals surface area (Å²) in [5.74, 6) is 0. The van der Waals surface area contributed by atoms with E-state index in [-0.39, 0.29) is 16.9 Å². The third-order valence-corrected chi connectivity index (χ3v) is 3.40. The highest BCUT2D eigenvalue weighted by molar-refractivity contribution is 5.56. The topological polar surface area (TPSA) is 89.9 Å². The van der Waals surface area contributed by atoms with E-state index in [0.717, 1.165) is 12.8 Å². The van der Waals surface area contributed by atoms with Crippen molar-refractivity contribution in [3.8, 4) is 0 Å². The van der Waals surface area contributed by atoms with Crippen LogP contribution in [0.4, 0.5) is 17.1 Å². The summed E-state index contributed by atoms with van der Waals surface area (Å²) in [6.45, 7) is 4.43. The first-order chi connectivity index (χ1) is 11.0. The van der Waals surface area contributed by atoms with Gasteiger partial charge in [0.2, 0.25) is 0 Å². The van der Waals surface area contributed by atoms with Crippen molar-refractivity contribution in [2.45, 2.75) is 33.2 Å². The van der Waals surface area contributed by atoms with Gasteiger partial charge in [-0.15, -0.1) is 10.2 Å². The number of nitro benzene ring substituents is 1. The number of azo groups is 1. The molecule has 0 atom stereocenters. The van der Waals surface area contributed by atoms with Crippen molar-refractivity contribution in [2.24, 2.45) is 10.2 Å². The highest BCUT2D eigenvalue weighted by atomic mass is 16.6. The Kier molecular flexibility index (Phi) is 5.35. The molecule has 0 N–H and O–H groups in total. The number of para-hydroxylation sites is 1. The third-order valence-electron chi connectivity index (χ3n) is 3.40. The monoisotopic (exact) mass is 314 g/mol. The molecule has 0 bridgehead atoms. The molecule has 23 heavy (non-hydrogen) atoms. The normalized spacial score (nSPS) is 11.0. The van der Waals surface area contributed by atoms with E-state index >= 15 is 0 Å². The second-order valence-corrected chi connectivity index (χ2v) is 5.17. The summed E-state index contributed by atoms with van der Waals surface area (Å²) in [5, 5.41) is 19.0. The van der Waals surface area contributed by atoms with Crippen LogP contribution in [-0.4, -0.2) is 9.49 Å². The maximum absolute atomic E-state index is 11.9. The first-order valence-corrected chi connectivity index (χ1v) is 7.39. The molecule has 0 aliphatic carbocycles. The number of aryl methyl sites for hydroxylation is 2. The Morgan fingerprint density at radius 2 is 1.91 bits per heavy atom. The maximum Gasteiger partial charge on any atom is 0.296 e. The molecular weight excluding hydrogens is 296 g/mol. The fraction of sp³-hybridized carbons (Fsp3) is 0.312. The lowest BCUT2D eigenvalue weighted by molar-refractivity contribution is -0.384. The summed E-state index contributed by atoms with van der Waals surface area (Å²) in [4.78, 5) is 22.4. The first kappa shape index (κ1) is 16.5. The number of hydrogen-bond donors (Lipinski definition) is 0. The van der Waals surface area contributed by atoms with E-state index in [1.54, 1.807) is 29.8 Å². The standard InChI is InChI=1S/C16H18N4O3/c1-3-4-9-19-11-14(12(2)10-16(19)21)18-17-13-7-5-6-8-15(13)20(22)23/h5-8,10-11H,3-4,9H2,1-2H3. The fourth-order valence-corrected chi connectivity index (χ4v) is 2.07. The summed E-state index contributed by atoms with van der Waals surface area (Å²) in [6, 6.07) is 7.65. The zero-order chi connectivity index (χ0) is 16.8. The Morgan fingerprint density at radius 1 is 1.22 bits per heavy atom. The Balaban J connectivity index is 2.36. The molecule has 2 rings (SSSR count). The SMILES string of the molecule is CCCCn1cc(N=Nc2ccccc2[N+](=O)[O-])c(C)cc1=O. The van der Waals surface area contributed by atoms with Crippen molar-refractivity contribution >= 4 is 17.1 Å². The number of aromatic nitrogens is 1. The zero-order valence-electron chi connectivity index (χ0n) is 13.1. The average Bonchev–Trinajstić information content (AvgIpc) is 2.53. The van der Waals surface area contributed by atoms with Crippen molar-refractivity contribution in [1.29, 1.82) is 0 Å². The lowest BCUT2D eigenvalue weighted by Crippen LogP contribution is -2.18. The molecule has 0 saturated heterocycles. The van der Waals surface area contributed by atoms with Crippen LogP contribution in [0.15, 0.2) is 51.6 Å². The van der Waals surface area contributed by atoms with Crippen LogP contribution >= 0.6 is 0 Å². The van der Waals surface area contributed by atoms with Crippen molar-refractivity contribution in [3.63, 3.8) is 0 Å². The average molecular weight is 314 g/mol. The molecule has 1 heterocycles. The molecule has 0 aliphatic heterocycles. The maximum atomic E-state index is 11.9. The van der Waals surface area contributed by atoms with E-state index in [2.05, 4.69) is 10.2 Å². The van der Waals surface area contributed by atoms with Gasteiger partial charge in [0.15, 0.2) is 5.69 Å². The molecule has 0 saturated carbocycles. The molecule has 120 valence electrons. The minimum absolute atomic E-state index is 0.0828. The van der Waals surface area contributed by atoms with E-state index in [1.807, 2.05) is 6.92 Å². The molecule has 0 amide bonds. The van der Waals surface area contributed by atoms with E-state index < -0.39 is 4.92 Å². The smallest absolute Gasteiger partial charge is 0.296 e. The van der Waals surface area contributed by atoms with Gasteiger partial charge in [0, 0.05) is 24.9 Å². The van der Waals surface area contributed by atoms with Crippen molar-refractivity contribution < 1.29 is 4.92 Å². The van der Waals surface area contributed by atoms with Gasteiger partial charge in [-0.05, 0) is 25.0 Å². The number of pyridine rings is 1. The van der Waals surface area contributed by atoms with Gasteiger partial charge in [0.05, 0.1) is 4.92 Å². The number of benzene rings is 1. The molecule has 1 aromatic heterocycles. The molecule has 0 fully saturated rings. The molecular formula is C16H18N4O3. The molecule has 0 unspecified atom stereocenters. The third kappa shape index (κ3) is 4.09. The Labute approximate surface area is 133 Å². The second kappa shape index (κ2) is 7.44. The largest absolute Gasteiger partial charge is 0.313 e. The number of hydrogen-bond acceptors (Lipinski definition) is 5. The number of rotatable bonds is 6.